The van der Waals surface area contributed by atoms with Crippen LogP contribution in [0.5, 0.6) is 0 Å². The number of benzene rings is 1. The highest BCUT2D eigenvalue weighted by Gasteiger charge is 2.23. The highest BCUT2D eigenvalue weighted by atomic mass is 32.2. The molecule has 134 valence electrons. The largest absolute Gasteiger partial charge is 0.382 e. The lowest BCUT2D eigenvalue weighted by Crippen LogP contribution is -2.52. The third kappa shape index (κ3) is 6.90. The Kier molecular flexibility index (Phi) is 8.81. The average molecular weight is 353 g/mol. The Hall–Kier alpha value is -1.57. The molecule has 2 atom stereocenters. The number of hydrazine groups is 1. The van der Waals surface area contributed by atoms with Crippen LogP contribution < -0.4 is 16.6 Å². The number of thioether (sulfide) groups is 1. The maximum atomic E-state index is 11.9. The molecule has 7 heteroatoms. The topological polar surface area (TPSA) is 104 Å². The van der Waals surface area contributed by atoms with Crippen LogP contribution in [0.1, 0.15) is 43.1 Å². The molecule has 0 aliphatic rings. The Morgan fingerprint density at radius 3 is 2.38 bits per heavy atom. The molecule has 6 nitrogen and oxygen atoms in total. The Morgan fingerprint density at radius 2 is 1.83 bits per heavy atom. The van der Waals surface area contributed by atoms with E-state index in [2.05, 4.69) is 24.7 Å². The summed E-state index contributed by atoms with van der Waals surface area (Å²) in [6, 6.07) is 6.41. The molecule has 1 rings (SSSR count). The Bertz CT molecular complexity index is 534. The second-order valence-corrected chi connectivity index (χ2v) is 7.50. The molecule has 24 heavy (non-hydrogen) atoms. The first-order chi connectivity index (χ1) is 11.3. The molecule has 0 spiro atoms. The number of aryl methyl sites for hydroxylation is 1. The van der Waals surface area contributed by atoms with Crippen LogP contribution in [0.25, 0.3) is 0 Å². The molecule has 0 heterocycles. The summed E-state index contributed by atoms with van der Waals surface area (Å²) in [6.07, 6.45) is 0.0438. The van der Waals surface area contributed by atoms with Gasteiger partial charge in [-0.1, -0.05) is 32.9 Å². The van der Waals surface area contributed by atoms with E-state index in [9.17, 15) is 14.7 Å². The van der Waals surface area contributed by atoms with Gasteiger partial charge < -0.3 is 10.8 Å². The van der Waals surface area contributed by atoms with Gasteiger partial charge in [0.1, 0.15) is 6.10 Å². The molecular weight excluding hydrogens is 326 g/mol. The van der Waals surface area contributed by atoms with Crippen molar-refractivity contribution in [3.8, 4) is 0 Å². The minimum atomic E-state index is -1.36. The molecule has 5 N–H and O–H groups in total. The van der Waals surface area contributed by atoms with Gasteiger partial charge in [0.25, 0.3) is 11.8 Å². The van der Waals surface area contributed by atoms with Crippen LogP contribution in [0.2, 0.25) is 0 Å². The van der Waals surface area contributed by atoms with Gasteiger partial charge in [0, 0.05) is 11.6 Å². The molecular formula is C17H27N3O3S. The van der Waals surface area contributed by atoms with E-state index in [1.165, 1.54) is 0 Å². The maximum absolute atomic E-state index is 11.9. The molecule has 2 amide bonds. The van der Waals surface area contributed by atoms with Gasteiger partial charge in [0.15, 0.2) is 0 Å². The summed E-state index contributed by atoms with van der Waals surface area (Å²) in [5.41, 5.74) is 11.9. The van der Waals surface area contributed by atoms with Crippen LogP contribution >= 0.6 is 11.8 Å². The van der Waals surface area contributed by atoms with Crippen molar-refractivity contribution >= 4 is 23.6 Å². The molecule has 1 unspecified atom stereocenters. The Morgan fingerprint density at radius 1 is 1.21 bits per heavy atom. The van der Waals surface area contributed by atoms with Gasteiger partial charge in [-0.05, 0) is 41.5 Å². The van der Waals surface area contributed by atoms with Crippen molar-refractivity contribution in [3.05, 3.63) is 35.4 Å². The van der Waals surface area contributed by atoms with Gasteiger partial charge in [-0.2, -0.15) is 11.8 Å². The summed E-state index contributed by atoms with van der Waals surface area (Å²) in [4.78, 5) is 23.8. The van der Waals surface area contributed by atoms with Crippen molar-refractivity contribution in [2.45, 2.75) is 51.0 Å². The van der Waals surface area contributed by atoms with E-state index in [0.29, 0.717) is 17.2 Å². The standard InChI is InChI=1S/C17H27N3O3S/c1-4-12-5-7-13(8-6-12)16(22)19-20-17(23)15(21)14(18)9-10-24-11(2)3/h5-8,11,14-15,21H,4,9-10,18H2,1-3H3,(H,19,22)(H,20,23)/t14-,15?/m1/s1. The van der Waals surface area contributed by atoms with Crippen LogP contribution in [0.4, 0.5) is 0 Å². The van der Waals surface area contributed by atoms with E-state index in [4.69, 9.17) is 5.73 Å². The minimum absolute atomic E-state index is 0.430. The average Bonchev–Trinajstić information content (AvgIpc) is 2.58. The van der Waals surface area contributed by atoms with E-state index >= 15 is 0 Å². The van der Waals surface area contributed by atoms with Gasteiger partial charge in [0.2, 0.25) is 0 Å². The van der Waals surface area contributed by atoms with Gasteiger partial charge in [-0.15, -0.1) is 0 Å². The van der Waals surface area contributed by atoms with Crippen molar-refractivity contribution in [2.24, 2.45) is 5.73 Å². The fourth-order valence-electron chi connectivity index (χ4n) is 1.95. The number of hydrogen-bond acceptors (Lipinski definition) is 5. The van der Waals surface area contributed by atoms with Crippen LogP contribution in [0.15, 0.2) is 24.3 Å². The number of aliphatic hydroxyl groups excluding tert-OH is 1. The van der Waals surface area contributed by atoms with Gasteiger partial charge in [-0.25, -0.2) is 0 Å². The zero-order valence-corrected chi connectivity index (χ0v) is 15.2. The number of nitrogens with two attached hydrogens (primary N) is 1. The van der Waals surface area contributed by atoms with E-state index in [1.54, 1.807) is 23.9 Å². The van der Waals surface area contributed by atoms with Crippen LogP contribution in [0.3, 0.4) is 0 Å². The summed E-state index contributed by atoms with van der Waals surface area (Å²) in [5.74, 6) is -0.392. The zero-order chi connectivity index (χ0) is 18.1. The molecule has 0 saturated carbocycles. The maximum Gasteiger partial charge on any atom is 0.269 e. The molecule has 0 aliphatic carbocycles. The fourth-order valence-corrected chi connectivity index (χ4v) is 2.83. The number of rotatable bonds is 8. The third-order valence-electron chi connectivity index (χ3n) is 3.50. The molecule has 0 saturated heterocycles. The van der Waals surface area contributed by atoms with Crippen molar-refractivity contribution in [2.75, 3.05) is 5.75 Å². The summed E-state index contributed by atoms with van der Waals surface area (Å²) >= 11 is 1.71. The van der Waals surface area contributed by atoms with Crippen molar-refractivity contribution < 1.29 is 14.7 Å². The first-order valence-corrected chi connectivity index (χ1v) is 9.14. The van der Waals surface area contributed by atoms with Gasteiger partial charge >= 0.3 is 0 Å². The minimum Gasteiger partial charge on any atom is -0.382 e. The van der Waals surface area contributed by atoms with E-state index in [-0.39, 0.29) is 0 Å². The first kappa shape index (κ1) is 20.5. The monoisotopic (exact) mass is 353 g/mol. The number of aliphatic hydroxyl groups is 1. The van der Waals surface area contributed by atoms with Crippen molar-refractivity contribution in [1.82, 2.24) is 10.9 Å². The smallest absolute Gasteiger partial charge is 0.269 e. The van der Waals surface area contributed by atoms with E-state index in [1.807, 2.05) is 19.1 Å². The number of amides is 2. The Labute approximate surface area is 147 Å². The lowest BCUT2D eigenvalue weighted by molar-refractivity contribution is -0.131. The van der Waals surface area contributed by atoms with Crippen molar-refractivity contribution in [1.29, 1.82) is 0 Å². The number of carbonyl (C=O) groups excluding carboxylic acids is 2. The zero-order valence-electron chi connectivity index (χ0n) is 14.4. The number of nitrogens with one attached hydrogen (secondary N) is 2. The second-order valence-electron chi connectivity index (χ2n) is 5.81. The molecule has 0 bridgehead atoms. The quantitative estimate of drug-likeness (QED) is 0.526. The highest BCUT2D eigenvalue weighted by Crippen LogP contribution is 2.12. The molecule has 1 aromatic rings. The Balaban J connectivity index is 2.41. The molecule has 0 aliphatic heterocycles. The SMILES string of the molecule is CCc1ccc(C(=O)NNC(=O)C(O)[C@H](N)CCSC(C)C)cc1. The molecule has 0 radical (unpaired) electrons. The van der Waals surface area contributed by atoms with Crippen LogP contribution in [-0.2, 0) is 11.2 Å². The summed E-state index contributed by atoms with van der Waals surface area (Å²) in [6.45, 7) is 6.17. The third-order valence-corrected chi connectivity index (χ3v) is 4.64. The molecule has 0 aromatic heterocycles. The normalized spacial score (nSPS) is 13.4. The van der Waals surface area contributed by atoms with Gasteiger partial charge in [0.05, 0.1) is 0 Å². The predicted octanol–water partition coefficient (Wildman–Crippen LogP) is 1.23. The van der Waals surface area contributed by atoms with Crippen molar-refractivity contribution in [3.63, 3.8) is 0 Å². The van der Waals surface area contributed by atoms with Crippen LogP contribution in [-0.4, -0.2) is 40.1 Å². The summed E-state index contributed by atoms with van der Waals surface area (Å²) in [7, 11) is 0. The fraction of sp³-hybridized carbons (Fsp3) is 0.529. The number of hydrogen-bond donors (Lipinski definition) is 4. The van der Waals surface area contributed by atoms with Gasteiger partial charge in [-0.3, -0.25) is 20.4 Å². The first-order valence-electron chi connectivity index (χ1n) is 8.09. The number of carbonyl (C=O) groups is 2. The van der Waals surface area contributed by atoms with E-state index in [0.717, 1.165) is 17.7 Å². The predicted molar refractivity (Wildman–Crippen MR) is 97.6 cm³/mol. The lowest BCUT2D eigenvalue weighted by Gasteiger charge is -2.18. The summed E-state index contributed by atoms with van der Waals surface area (Å²) < 4.78 is 0. The second kappa shape index (κ2) is 10.3. The molecule has 1 aromatic carbocycles. The van der Waals surface area contributed by atoms with E-state index < -0.39 is 24.0 Å². The molecule has 0 fully saturated rings. The highest BCUT2D eigenvalue weighted by molar-refractivity contribution is 7.99. The lowest BCUT2D eigenvalue weighted by atomic mass is 10.1. The van der Waals surface area contributed by atoms with Crippen LogP contribution in [0, 0.1) is 0 Å². The summed E-state index contributed by atoms with van der Waals surface area (Å²) in [5, 5.41) is 10.4.